The molecule has 104 valence electrons. The molecule has 2 amide bonds. The summed E-state index contributed by atoms with van der Waals surface area (Å²) in [6.45, 7) is 3.02. The predicted octanol–water partition coefficient (Wildman–Crippen LogP) is 0.931. The van der Waals surface area contributed by atoms with Gasteiger partial charge in [-0.25, -0.2) is 8.78 Å². The van der Waals surface area contributed by atoms with Gasteiger partial charge in [-0.15, -0.1) is 0 Å². The van der Waals surface area contributed by atoms with E-state index in [4.69, 9.17) is 11.5 Å². The maximum absolute atomic E-state index is 13.6. The van der Waals surface area contributed by atoms with Crippen LogP contribution in [0.1, 0.15) is 30.6 Å². The van der Waals surface area contributed by atoms with Crippen LogP contribution in [0.4, 0.5) is 14.5 Å². The maximum atomic E-state index is 13.6. The first-order valence-electron chi connectivity index (χ1n) is 5.48. The zero-order valence-corrected chi connectivity index (χ0v) is 10.6. The fourth-order valence-electron chi connectivity index (χ4n) is 1.63. The Labute approximate surface area is 109 Å². The minimum atomic E-state index is -1.13. The van der Waals surface area contributed by atoms with Crippen molar-refractivity contribution < 1.29 is 18.4 Å². The molecule has 0 unspecified atom stereocenters. The quantitative estimate of drug-likeness (QED) is 0.710. The second kappa shape index (κ2) is 5.21. The molecule has 0 aliphatic rings. The molecule has 0 saturated heterocycles. The number of carbonyl (C=O) groups is 2. The summed E-state index contributed by atoms with van der Waals surface area (Å²) in [5.41, 5.74) is 8.16. The Kier molecular flexibility index (Phi) is 4.08. The monoisotopic (exact) mass is 271 g/mol. The second-order valence-corrected chi connectivity index (χ2v) is 4.81. The Balaban J connectivity index is 3.02. The molecule has 0 fully saturated rings. The van der Waals surface area contributed by atoms with Crippen molar-refractivity contribution in [2.75, 3.05) is 5.73 Å². The molecule has 0 aliphatic heterocycles. The molecule has 0 spiro atoms. The highest BCUT2D eigenvalue weighted by molar-refractivity contribution is 5.96. The van der Waals surface area contributed by atoms with E-state index in [1.165, 1.54) is 13.8 Å². The number of halogens is 2. The van der Waals surface area contributed by atoms with Gasteiger partial charge in [0.15, 0.2) is 5.82 Å². The highest BCUT2D eigenvalue weighted by atomic mass is 19.1. The lowest BCUT2D eigenvalue weighted by atomic mass is 9.99. The fourth-order valence-corrected chi connectivity index (χ4v) is 1.63. The van der Waals surface area contributed by atoms with Crippen molar-refractivity contribution >= 4 is 17.5 Å². The summed E-state index contributed by atoms with van der Waals surface area (Å²) in [6, 6.07) is 1.92. The molecule has 0 saturated carbocycles. The van der Waals surface area contributed by atoms with Gasteiger partial charge in [0.05, 0.1) is 5.69 Å². The molecule has 7 heteroatoms. The number of hydrogen-bond acceptors (Lipinski definition) is 3. The Morgan fingerprint density at radius 1 is 1.32 bits per heavy atom. The lowest BCUT2D eigenvalue weighted by Crippen LogP contribution is -2.46. The summed E-state index contributed by atoms with van der Waals surface area (Å²) in [4.78, 5) is 22.7. The average Bonchev–Trinajstić information content (AvgIpc) is 2.21. The number of hydrogen-bond donors (Lipinski definition) is 3. The Hall–Kier alpha value is -2.18. The van der Waals surface area contributed by atoms with E-state index in [-0.39, 0.29) is 12.1 Å². The Bertz CT molecular complexity index is 530. The molecule has 0 aromatic heterocycles. The topological polar surface area (TPSA) is 98.2 Å². The molecular formula is C12H15F2N3O2. The van der Waals surface area contributed by atoms with Crippen molar-refractivity contribution in [1.29, 1.82) is 0 Å². The van der Waals surface area contributed by atoms with Gasteiger partial charge < -0.3 is 16.8 Å². The van der Waals surface area contributed by atoms with Crippen LogP contribution < -0.4 is 16.8 Å². The highest BCUT2D eigenvalue weighted by Crippen LogP contribution is 2.19. The van der Waals surface area contributed by atoms with Crippen molar-refractivity contribution in [3.05, 3.63) is 29.3 Å². The number of anilines is 1. The van der Waals surface area contributed by atoms with Gasteiger partial charge in [-0.3, -0.25) is 9.59 Å². The first kappa shape index (κ1) is 14.9. The van der Waals surface area contributed by atoms with Gasteiger partial charge in [0.1, 0.15) is 11.4 Å². The van der Waals surface area contributed by atoms with Gasteiger partial charge in [-0.05, 0) is 26.0 Å². The molecule has 19 heavy (non-hydrogen) atoms. The van der Waals surface area contributed by atoms with Gasteiger partial charge in [0.2, 0.25) is 5.91 Å². The molecule has 1 rings (SSSR count). The lowest BCUT2D eigenvalue weighted by Gasteiger charge is -2.25. The number of amides is 2. The Morgan fingerprint density at radius 2 is 1.89 bits per heavy atom. The summed E-state index contributed by atoms with van der Waals surface area (Å²) >= 11 is 0. The van der Waals surface area contributed by atoms with Gasteiger partial charge in [-0.1, -0.05) is 0 Å². The largest absolute Gasteiger partial charge is 0.396 e. The van der Waals surface area contributed by atoms with E-state index in [0.717, 1.165) is 12.1 Å². The third kappa shape index (κ3) is 3.64. The van der Waals surface area contributed by atoms with Crippen LogP contribution in [-0.2, 0) is 4.79 Å². The third-order valence-corrected chi connectivity index (χ3v) is 2.42. The minimum Gasteiger partial charge on any atom is -0.396 e. The molecule has 0 atom stereocenters. The number of rotatable bonds is 4. The van der Waals surface area contributed by atoms with Crippen molar-refractivity contribution in [3.63, 3.8) is 0 Å². The van der Waals surface area contributed by atoms with Gasteiger partial charge in [0, 0.05) is 12.0 Å². The van der Waals surface area contributed by atoms with Crippen LogP contribution in [-0.4, -0.2) is 17.4 Å². The number of nitrogens with two attached hydrogens (primary N) is 2. The number of carbonyl (C=O) groups excluding carboxylic acids is 2. The molecule has 0 heterocycles. The van der Waals surface area contributed by atoms with Gasteiger partial charge in [-0.2, -0.15) is 0 Å². The first-order valence-corrected chi connectivity index (χ1v) is 5.48. The third-order valence-electron chi connectivity index (χ3n) is 2.42. The van der Waals surface area contributed by atoms with Crippen molar-refractivity contribution in [2.24, 2.45) is 5.73 Å². The zero-order chi connectivity index (χ0) is 14.8. The van der Waals surface area contributed by atoms with E-state index in [2.05, 4.69) is 5.32 Å². The normalized spacial score (nSPS) is 11.2. The molecule has 1 aromatic carbocycles. The molecule has 5 nitrogen and oxygen atoms in total. The fraction of sp³-hybridized carbons (Fsp3) is 0.333. The highest BCUT2D eigenvalue weighted by Gasteiger charge is 2.27. The van der Waals surface area contributed by atoms with Crippen LogP contribution in [0.5, 0.6) is 0 Å². The number of primary amides is 1. The molecule has 0 radical (unpaired) electrons. The van der Waals surface area contributed by atoms with Crippen molar-refractivity contribution in [1.82, 2.24) is 5.32 Å². The van der Waals surface area contributed by atoms with Crippen LogP contribution in [0, 0.1) is 11.6 Å². The molecule has 1 aromatic rings. The van der Waals surface area contributed by atoms with Crippen molar-refractivity contribution in [3.8, 4) is 0 Å². The van der Waals surface area contributed by atoms with E-state index < -0.39 is 34.6 Å². The summed E-state index contributed by atoms with van der Waals surface area (Å²) in [6.07, 6.45) is -0.162. The molecule has 5 N–H and O–H groups in total. The predicted molar refractivity (Wildman–Crippen MR) is 66.1 cm³/mol. The van der Waals surface area contributed by atoms with Crippen LogP contribution >= 0.6 is 0 Å². The van der Waals surface area contributed by atoms with Crippen LogP contribution in [0.25, 0.3) is 0 Å². The number of benzene rings is 1. The van der Waals surface area contributed by atoms with E-state index in [1.807, 2.05) is 0 Å². The lowest BCUT2D eigenvalue weighted by molar-refractivity contribution is -0.119. The van der Waals surface area contributed by atoms with E-state index in [0.29, 0.717) is 0 Å². The van der Waals surface area contributed by atoms with Gasteiger partial charge >= 0.3 is 0 Å². The Morgan fingerprint density at radius 3 is 2.42 bits per heavy atom. The van der Waals surface area contributed by atoms with E-state index >= 15 is 0 Å². The zero-order valence-electron chi connectivity index (χ0n) is 10.6. The van der Waals surface area contributed by atoms with E-state index in [1.54, 1.807) is 0 Å². The molecule has 0 bridgehead atoms. The van der Waals surface area contributed by atoms with Gasteiger partial charge in [0.25, 0.3) is 5.91 Å². The summed E-state index contributed by atoms with van der Waals surface area (Å²) < 4.78 is 27.1. The second-order valence-electron chi connectivity index (χ2n) is 4.81. The van der Waals surface area contributed by atoms with Crippen LogP contribution in [0.2, 0.25) is 0 Å². The number of nitrogen functional groups attached to an aromatic ring is 1. The number of nitrogens with one attached hydrogen (secondary N) is 1. The van der Waals surface area contributed by atoms with Crippen LogP contribution in [0.3, 0.4) is 0 Å². The van der Waals surface area contributed by atoms with Crippen LogP contribution in [0.15, 0.2) is 12.1 Å². The SMILES string of the molecule is CC(C)(CC(N)=O)NC(=O)c1c(F)ccc(N)c1F. The average molecular weight is 271 g/mol. The molecular weight excluding hydrogens is 256 g/mol. The smallest absolute Gasteiger partial charge is 0.257 e. The summed E-state index contributed by atoms with van der Waals surface area (Å²) in [5.74, 6) is -3.79. The summed E-state index contributed by atoms with van der Waals surface area (Å²) in [7, 11) is 0. The van der Waals surface area contributed by atoms with E-state index in [9.17, 15) is 18.4 Å². The van der Waals surface area contributed by atoms with Crippen molar-refractivity contribution in [2.45, 2.75) is 25.8 Å². The molecule has 0 aliphatic carbocycles. The standard InChI is InChI=1S/C12H15F2N3O2/c1-12(2,5-8(16)18)17-11(19)9-6(13)3-4-7(15)10(9)14/h3-4H,5,15H2,1-2H3,(H2,16,18)(H,17,19). The minimum absolute atomic E-state index is 0.162. The first-order chi connectivity index (χ1) is 8.64. The summed E-state index contributed by atoms with van der Waals surface area (Å²) in [5, 5.41) is 2.34. The maximum Gasteiger partial charge on any atom is 0.257 e.